The zero-order valence-corrected chi connectivity index (χ0v) is 14.1. The highest BCUT2D eigenvalue weighted by molar-refractivity contribution is 4.93. The summed E-state index contributed by atoms with van der Waals surface area (Å²) in [6.45, 7) is 8.70. The summed E-state index contributed by atoms with van der Waals surface area (Å²) in [5.74, 6) is 1.20. The van der Waals surface area contributed by atoms with E-state index >= 15 is 0 Å². The van der Waals surface area contributed by atoms with Gasteiger partial charge in [-0.05, 0) is 25.8 Å². The van der Waals surface area contributed by atoms with E-state index < -0.39 is 0 Å². The molecular weight excluding hydrogens is 296 g/mol. The van der Waals surface area contributed by atoms with E-state index in [0.29, 0.717) is 31.0 Å². The van der Waals surface area contributed by atoms with Crippen LogP contribution < -0.4 is 0 Å². The summed E-state index contributed by atoms with van der Waals surface area (Å²) in [5.41, 5.74) is 0. The Hall–Kier alpha value is -1.02. The highest BCUT2D eigenvalue weighted by Gasteiger charge is 2.36. The molecule has 0 aromatic carbocycles. The Labute approximate surface area is 137 Å². The third-order valence-corrected chi connectivity index (χ3v) is 4.85. The molecule has 0 radical (unpaired) electrons. The quantitative estimate of drug-likeness (QED) is 0.830. The first kappa shape index (κ1) is 16.8. The average Bonchev–Trinajstić information content (AvgIpc) is 3.11. The normalized spacial score (nSPS) is 29.5. The third-order valence-electron chi connectivity index (χ3n) is 4.85. The van der Waals surface area contributed by atoms with Crippen LogP contribution in [0.3, 0.4) is 0 Å². The number of aromatic nitrogens is 2. The SMILES string of the molecule is CCN(Cc1nnc(C)o1)[C@@H]1CN(C[C@@H]2CCCCO2)C[C@H]1O. The lowest BCUT2D eigenvalue weighted by Gasteiger charge is -2.29. The zero-order chi connectivity index (χ0) is 16.2. The largest absolute Gasteiger partial charge is 0.424 e. The van der Waals surface area contributed by atoms with Gasteiger partial charge in [-0.3, -0.25) is 9.80 Å². The van der Waals surface area contributed by atoms with Crippen LogP contribution in [0.15, 0.2) is 4.42 Å². The van der Waals surface area contributed by atoms with Crippen LogP contribution in [0.2, 0.25) is 0 Å². The Morgan fingerprint density at radius 1 is 1.30 bits per heavy atom. The van der Waals surface area contributed by atoms with Crippen molar-refractivity contribution in [3.05, 3.63) is 11.8 Å². The summed E-state index contributed by atoms with van der Waals surface area (Å²) in [5, 5.41) is 18.4. The van der Waals surface area contributed by atoms with Gasteiger partial charge in [0.05, 0.1) is 24.8 Å². The highest BCUT2D eigenvalue weighted by atomic mass is 16.5. The van der Waals surface area contributed by atoms with E-state index in [0.717, 1.165) is 32.7 Å². The van der Waals surface area contributed by atoms with Crippen molar-refractivity contribution >= 4 is 0 Å². The van der Waals surface area contributed by atoms with Crippen molar-refractivity contribution in [2.45, 2.75) is 57.9 Å². The predicted molar refractivity (Wildman–Crippen MR) is 84.9 cm³/mol. The van der Waals surface area contributed by atoms with Crippen LogP contribution in [-0.4, -0.2) is 76.1 Å². The van der Waals surface area contributed by atoms with Crippen LogP contribution in [0.25, 0.3) is 0 Å². The van der Waals surface area contributed by atoms with E-state index in [-0.39, 0.29) is 12.1 Å². The summed E-state index contributed by atoms with van der Waals surface area (Å²) in [6.07, 6.45) is 3.54. The molecule has 0 amide bonds. The maximum absolute atomic E-state index is 10.5. The van der Waals surface area contributed by atoms with Crippen molar-refractivity contribution in [1.82, 2.24) is 20.0 Å². The maximum atomic E-state index is 10.5. The molecule has 3 heterocycles. The molecule has 3 atom stereocenters. The molecule has 0 bridgehead atoms. The van der Waals surface area contributed by atoms with Crippen LogP contribution >= 0.6 is 0 Å². The van der Waals surface area contributed by atoms with Crippen LogP contribution in [0.1, 0.15) is 38.0 Å². The molecule has 2 aliphatic rings. The minimum absolute atomic E-state index is 0.107. The van der Waals surface area contributed by atoms with Gasteiger partial charge in [-0.25, -0.2) is 0 Å². The fraction of sp³-hybridized carbons (Fsp3) is 0.875. The number of aryl methyl sites for hydroxylation is 1. The second-order valence-corrected chi connectivity index (χ2v) is 6.62. The molecule has 23 heavy (non-hydrogen) atoms. The molecule has 2 saturated heterocycles. The molecule has 7 nitrogen and oxygen atoms in total. The number of β-amino-alcohol motifs (C(OH)–C–C–N with tert-alkyl or cyclic N) is 1. The van der Waals surface area contributed by atoms with E-state index in [1.807, 2.05) is 0 Å². The van der Waals surface area contributed by atoms with Gasteiger partial charge in [0.15, 0.2) is 0 Å². The Morgan fingerprint density at radius 3 is 2.83 bits per heavy atom. The third kappa shape index (κ3) is 4.29. The van der Waals surface area contributed by atoms with Gasteiger partial charge >= 0.3 is 0 Å². The van der Waals surface area contributed by atoms with Crippen molar-refractivity contribution in [3.63, 3.8) is 0 Å². The lowest BCUT2D eigenvalue weighted by atomic mass is 10.1. The second kappa shape index (κ2) is 7.70. The number of likely N-dealkylation sites (tertiary alicyclic amines) is 1. The lowest BCUT2D eigenvalue weighted by Crippen LogP contribution is -2.43. The Kier molecular flexibility index (Phi) is 5.63. The standard InChI is InChI=1S/C16H28N4O3/c1-3-20(11-16-18-17-12(2)23-16)14-9-19(10-15(14)21)8-13-6-4-5-7-22-13/h13-15,21H,3-11H2,1-2H3/t13-,14+,15+/m0/s1. The fourth-order valence-corrected chi connectivity index (χ4v) is 3.63. The van der Waals surface area contributed by atoms with Gasteiger partial charge in [-0.2, -0.15) is 0 Å². The second-order valence-electron chi connectivity index (χ2n) is 6.62. The molecule has 130 valence electrons. The summed E-state index contributed by atoms with van der Waals surface area (Å²) in [4.78, 5) is 4.55. The number of nitrogens with zero attached hydrogens (tertiary/aromatic N) is 4. The zero-order valence-electron chi connectivity index (χ0n) is 14.1. The Bertz CT molecular complexity index is 489. The van der Waals surface area contributed by atoms with Crippen molar-refractivity contribution in [2.75, 3.05) is 32.8 Å². The molecule has 1 aromatic rings. The first-order chi connectivity index (χ1) is 11.2. The van der Waals surface area contributed by atoms with Gasteiger partial charge in [0.25, 0.3) is 0 Å². The van der Waals surface area contributed by atoms with Gasteiger partial charge in [-0.15, -0.1) is 10.2 Å². The van der Waals surface area contributed by atoms with E-state index in [1.165, 1.54) is 12.8 Å². The molecule has 1 N–H and O–H groups in total. The van der Waals surface area contributed by atoms with E-state index in [2.05, 4.69) is 26.9 Å². The minimum Gasteiger partial charge on any atom is -0.424 e. The van der Waals surface area contributed by atoms with Gasteiger partial charge in [-0.1, -0.05) is 6.92 Å². The van der Waals surface area contributed by atoms with Gasteiger partial charge < -0.3 is 14.3 Å². The van der Waals surface area contributed by atoms with Crippen LogP contribution in [0.5, 0.6) is 0 Å². The molecular formula is C16H28N4O3. The van der Waals surface area contributed by atoms with Gasteiger partial charge in [0.1, 0.15) is 0 Å². The Morgan fingerprint density at radius 2 is 2.17 bits per heavy atom. The van der Waals surface area contributed by atoms with Gasteiger partial charge in [0, 0.05) is 33.2 Å². The van der Waals surface area contributed by atoms with E-state index in [1.54, 1.807) is 6.92 Å². The van der Waals surface area contributed by atoms with Crippen molar-refractivity contribution in [1.29, 1.82) is 0 Å². The summed E-state index contributed by atoms with van der Waals surface area (Å²) in [7, 11) is 0. The number of rotatable bonds is 6. The van der Waals surface area contributed by atoms with Crippen molar-refractivity contribution in [3.8, 4) is 0 Å². The number of hydrogen-bond acceptors (Lipinski definition) is 7. The predicted octanol–water partition coefficient (Wildman–Crippen LogP) is 0.814. The number of ether oxygens (including phenoxy) is 1. The van der Waals surface area contributed by atoms with E-state index in [4.69, 9.17) is 9.15 Å². The van der Waals surface area contributed by atoms with Crippen LogP contribution in [0, 0.1) is 6.92 Å². The minimum atomic E-state index is -0.345. The monoisotopic (exact) mass is 324 g/mol. The summed E-state index contributed by atoms with van der Waals surface area (Å²) >= 11 is 0. The molecule has 2 aliphatic heterocycles. The van der Waals surface area contributed by atoms with Crippen molar-refractivity contribution < 1.29 is 14.3 Å². The molecule has 0 saturated carbocycles. The lowest BCUT2D eigenvalue weighted by molar-refractivity contribution is -0.00371. The number of aliphatic hydroxyl groups excluding tert-OH is 1. The maximum Gasteiger partial charge on any atom is 0.230 e. The molecule has 0 spiro atoms. The highest BCUT2D eigenvalue weighted by Crippen LogP contribution is 2.21. The van der Waals surface area contributed by atoms with E-state index in [9.17, 15) is 5.11 Å². The molecule has 0 aliphatic carbocycles. The first-order valence-electron chi connectivity index (χ1n) is 8.70. The number of hydrogen-bond donors (Lipinski definition) is 1. The topological polar surface area (TPSA) is 74.9 Å². The molecule has 7 heteroatoms. The van der Waals surface area contributed by atoms with Gasteiger partial charge in [0.2, 0.25) is 11.8 Å². The van der Waals surface area contributed by atoms with Crippen molar-refractivity contribution in [2.24, 2.45) is 0 Å². The molecule has 2 fully saturated rings. The summed E-state index contributed by atoms with van der Waals surface area (Å²) in [6, 6.07) is 0.107. The molecule has 3 rings (SSSR count). The number of aliphatic hydroxyl groups is 1. The van der Waals surface area contributed by atoms with Crippen LogP contribution in [-0.2, 0) is 11.3 Å². The Balaban J connectivity index is 1.55. The fourth-order valence-electron chi connectivity index (χ4n) is 3.63. The van der Waals surface area contributed by atoms with Crippen LogP contribution in [0.4, 0.5) is 0 Å². The molecule has 0 unspecified atom stereocenters. The molecule has 1 aromatic heterocycles. The number of likely N-dealkylation sites (N-methyl/N-ethyl adjacent to an activating group) is 1. The summed E-state index contributed by atoms with van der Waals surface area (Å²) < 4.78 is 11.3. The first-order valence-corrected chi connectivity index (χ1v) is 8.70. The smallest absolute Gasteiger partial charge is 0.230 e. The average molecular weight is 324 g/mol.